The zero-order valence-corrected chi connectivity index (χ0v) is 13.4. The van der Waals surface area contributed by atoms with Crippen molar-refractivity contribution in [2.24, 2.45) is 5.73 Å². The average molecular weight is 340 g/mol. The number of halogens is 1. The van der Waals surface area contributed by atoms with E-state index in [2.05, 4.69) is 39.1 Å². The van der Waals surface area contributed by atoms with Gasteiger partial charge in [-0.1, -0.05) is 41.1 Å². The van der Waals surface area contributed by atoms with Crippen molar-refractivity contribution in [3.05, 3.63) is 34.3 Å². The van der Waals surface area contributed by atoms with Gasteiger partial charge in [0.1, 0.15) is 0 Å². The molecular formula is C15H22BrN3O. The molecular weight excluding hydrogens is 318 g/mol. The van der Waals surface area contributed by atoms with Crippen LogP contribution in [-0.2, 0) is 4.79 Å². The maximum absolute atomic E-state index is 11.5. The summed E-state index contributed by atoms with van der Waals surface area (Å²) in [6.07, 6.45) is 1.45. The summed E-state index contributed by atoms with van der Waals surface area (Å²) < 4.78 is 1.08. The number of hydrogen-bond acceptors (Lipinski definition) is 3. The molecule has 1 heterocycles. The van der Waals surface area contributed by atoms with E-state index in [-0.39, 0.29) is 18.0 Å². The number of nitrogens with zero attached hydrogens (tertiary/aromatic N) is 1. The lowest BCUT2D eigenvalue weighted by Gasteiger charge is -2.35. The van der Waals surface area contributed by atoms with E-state index in [1.807, 2.05) is 18.2 Å². The van der Waals surface area contributed by atoms with Crippen molar-refractivity contribution in [1.29, 1.82) is 0 Å². The summed E-state index contributed by atoms with van der Waals surface area (Å²) in [5.74, 6) is 0.128. The van der Waals surface area contributed by atoms with Crippen LogP contribution in [0.25, 0.3) is 0 Å². The van der Waals surface area contributed by atoms with Crippen LogP contribution in [0.3, 0.4) is 0 Å². The molecule has 110 valence electrons. The van der Waals surface area contributed by atoms with E-state index in [0.717, 1.165) is 24.0 Å². The van der Waals surface area contributed by atoms with Gasteiger partial charge in [0.2, 0.25) is 5.91 Å². The summed E-state index contributed by atoms with van der Waals surface area (Å²) in [5, 5.41) is 2.92. The Balaban J connectivity index is 2.28. The molecule has 2 rings (SSSR count). The molecule has 0 saturated carbocycles. The van der Waals surface area contributed by atoms with Gasteiger partial charge in [-0.2, -0.15) is 0 Å². The lowest BCUT2D eigenvalue weighted by Crippen LogP contribution is -2.42. The third kappa shape index (κ3) is 3.59. The van der Waals surface area contributed by atoms with Crippen molar-refractivity contribution in [3.8, 4) is 0 Å². The second-order valence-electron chi connectivity index (χ2n) is 5.17. The minimum atomic E-state index is 0.0573. The van der Waals surface area contributed by atoms with E-state index in [1.54, 1.807) is 0 Å². The fourth-order valence-electron chi connectivity index (χ4n) is 2.70. The minimum Gasteiger partial charge on any atom is -0.355 e. The fraction of sp³-hybridized carbons (Fsp3) is 0.533. The van der Waals surface area contributed by atoms with Gasteiger partial charge >= 0.3 is 0 Å². The Bertz CT molecular complexity index is 466. The Morgan fingerprint density at radius 1 is 1.40 bits per heavy atom. The minimum absolute atomic E-state index is 0.0573. The molecule has 0 radical (unpaired) electrons. The Kier molecular flexibility index (Phi) is 5.57. The molecule has 1 aromatic carbocycles. The second-order valence-corrected chi connectivity index (χ2v) is 6.03. The fourth-order valence-corrected chi connectivity index (χ4v) is 3.22. The number of rotatable bonds is 4. The topological polar surface area (TPSA) is 58.4 Å². The molecule has 0 bridgehead atoms. The highest BCUT2D eigenvalue weighted by molar-refractivity contribution is 9.10. The molecule has 1 saturated heterocycles. The third-order valence-electron chi connectivity index (χ3n) is 3.84. The number of hydrogen-bond donors (Lipinski definition) is 2. The highest BCUT2D eigenvalue weighted by Gasteiger charge is 2.28. The predicted octanol–water partition coefficient (Wildman–Crippen LogP) is 2.05. The zero-order chi connectivity index (χ0) is 14.5. The van der Waals surface area contributed by atoms with Crippen LogP contribution in [0, 0.1) is 0 Å². The first-order valence-corrected chi connectivity index (χ1v) is 7.93. The summed E-state index contributed by atoms with van der Waals surface area (Å²) in [5.41, 5.74) is 7.57. The lowest BCUT2D eigenvalue weighted by atomic mass is 9.96. The van der Waals surface area contributed by atoms with E-state index in [1.165, 1.54) is 5.56 Å². The van der Waals surface area contributed by atoms with Gasteiger partial charge in [0.25, 0.3) is 0 Å². The van der Waals surface area contributed by atoms with Crippen molar-refractivity contribution >= 4 is 21.8 Å². The maximum Gasteiger partial charge on any atom is 0.221 e. The van der Waals surface area contributed by atoms with Crippen molar-refractivity contribution in [1.82, 2.24) is 10.2 Å². The van der Waals surface area contributed by atoms with Gasteiger partial charge in [-0.15, -0.1) is 0 Å². The van der Waals surface area contributed by atoms with Crippen LogP contribution in [0.1, 0.15) is 31.4 Å². The van der Waals surface area contributed by atoms with Crippen molar-refractivity contribution < 1.29 is 4.79 Å². The quantitative estimate of drug-likeness (QED) is 0.882. The van der Waals surface area contributed by atoms with Crippen LogP contribution in [0.4, 0.5) is 0 Å². The van der Waals surface area contributed by atoms with E-state index < -0.39 is 0 Å². The molecule has 5 heteroatoms. The van der Waals surface area contributed by atoms with Gasteiger partial charge in [0.05, 0.1) is 6.04 Å². The zero-order valence-electron chi connectivity index (χ0n) is 11.8. The lowest BCUT2D eigenvalue weighted by molar-refractivity contribution is -0.120. The Hall–Kier alpha value is -0.910. The first kappa shape index (κ1) is 15.5. The molecule has 4 nitrogen and oxygen atoms in total. The Morgan fingerprint density at radius 3 is 2.85 bits per heavy atom. The van der Waals surface area contributed by atoms with Crippen LogP contribution < -0.4 is 11.1 Å². The molecule has 3 N–H and O–H groups in total. The number of amides is 1. The van der Waals surface area contributed by atoms with E-state index in [0.29, 0.717) is 13.0 Å². The third-order valence-corrected chi connectivity index (χ3v) is 4.56. The predicted molar refractivity (Wildman–Crippen MR) is 84.3 cm³/mol. The summed E-state index contributed by atoms with van der Waals surface area (Å²) >= 11 is 3.63. The molecule has 2 unspecified atom stereocenters. The summed E-state index contributed by atoms with van der Waals surface area (Å²) in [4.78, 5) is 13.8. The van der Waals surface area contributed by atoms with Gasteiger partial charge in [0, 0.05) is 36.6 Å². The van der Waals surface area contributed by atoms with Gasteiger partial charge in [0.15, 0.2) is 0 Å². The smallest absolute Gasteiger partial charge is 0.221 e. The molecule has 0 aromatic heterocycles. The molecule has 2 atom stereocenters. The average Bonchev–Trinajstić information content (AvgIpc) is 2.66. The van der Waals surface area contributed by atoms with Gasteiger partial charge < -0.3 is 11.1 Å². The van der Waals surface area contributed by atoms with Gasteiger partial charge in [-0.05, 0) is 18.1 Å². The molecule has 1 aromatic rings. The molecule has 0 aliphatic carbocycles. The maximum atomic E-state index is 11.5. The van der Waals surface area contributed by atoms with Crippen LogP contribution in [0.2, 0.25) is 0 Å². The Labute approximate surface area is 128 Å². The van der Waals surface area contributed by atoms with Crippen molar-refractivity contribution in [2.75, 3.05) is 19.6 Å². The van der Waals surface area contributed by atoms with Crippen molar-refractivity contribution in [3.63, 3.8) is 0 Å². The van der Waals surface area contributed by atoms with Crippen LogP contribution in [0.5, 0.6) is 0 Å². The molecule has 1 aliphatic heterocycles. The summed E-state index contributed by atoms with van der Waals surface area (Å²) in [7, 11) is 0. The molecule has 20 heavy (non-hydrogen) atoms. The molecule has 1 amide bonds. The molecule has 1 aliphatic rings. The molecule has 0 spiro atoms. The van der Waals surface area contributed by atoms with Crippen LogP contribution >= 0.6 is 15.9 Å². The number of carbonyl (C=O) groups excluding carboxylic acids is 1. The first-order valence-electron chi connectivity index (χ1n) is 7.14. The van der Waals surface area contributed by atoms with Gasteiger partial charge in [-0.25, -0.2) is 0 Å². The Morgan fingerprint density at radius 2 is 2.15 bits per heavy atom. The number of benzene rings is 1. The highest BCUT2D eigenvalue weighted by atomic mass is 79.9. The molecule has 1 fully saturated rings. The summed E-state index contributed by atoms with van der Waals surface area (Å²) in [6.45, 7) is 4.39. The van der Waals surface area contributed by atoms with E-state index >= 15 is 0 Å². The number of carbonyl (C=O) groups is 1. The second kappa shape index (κ2) is 7.20. The van der Waals surface area contributed by atoms with E-state index in [9.17, 15) is 4.79 Å². The normalized spacial score (nSPS) is 20.1. The number of nitrogens with two attached hydrogens (primary N) is 1. The SMILES string of the molecule is CCC(N)C(c1ccccc1Br)N1CCNC(=O)CC1. The van der Waals surface area contributed by atoms with Crippen LogP contribution in [0.15, 0.2) is 28.7 Å². The van der Waals surface area contributed by atoms with Crippen LogP contribution in [-0.4, -0.2) is 36.5 Å². The number of nitrogens with one attached hydrogen (secondary N) is 1. The highest BCUT2D eigenvalue weighted by Crippen LogP contribution is 2.31. The van der Waals surface area contributed by atoms with Crippen molar-refractivity contribution in [2.45, 2.75) is 31.8 Å². The monoisotopic (exact) mass is 339 g/mol. The summed E-state index contributed by atoms with van der Waals surface area (Å²) in [6, 6.07) is 8.41. The first-order chi connectivity index (χ1) is 9.63. The van der Waals surface area contributed by atoms with Gasteiger partial charge in [-0.3, -0.25) is 9.69 Å². The largest absolute Gasteiger partial charge is 0.355 e. The standard InChI is InChI=1S/C15H22BrN3O/c1-2-13(17)15(11-5-3-4-6-12(11)16)19-9-7-14(20)18-8-10-19/h3-6,13,15H,2,7-10,17H2,1H3,(H,18,20). The van der Waals surface area contributed by atoms with E-state index in [4.69, 9.17) is 5.73 Å².